The molecule has 33 heavy (non-hydrogen) atoms. The number of rotatable bonds is 5. The quantitative estimate of drug-likeness (QED) is 0.435. The smallest absolute Gasteiger partial charge is 0.284 e. The largest absolute Gasteiger partial charge is 0.378 e. The summed E-state index contributed by atoms with van der Waals surface area (Å²) in [4.78, 5) is 2.44. The van der Waals surface area contributed by atoms with Gasteiger partial charge in [0.2, 0.25) is 0 Å². The van der Waals surface area contributed by atoms with Gasteiger partial charge in [0.15, 0.2) is 0 Å². The summed E-state index contributed by atoms with van der Waals surface area (Å²) in [5.41, 5.74) is 3.10. The topological polar surface area (TPSA) is 36.0 Å². The van der Waals surface area contributed by atoms with Crippen LogP contribution in [-0.4, -0.2) is 43.3 Å². The summed E-state index contributed by atoms with van der Waals surface area (Å²) in [7, 11) is -3.17. The van der Waals surface area contributed by atoms with Crippen molar-refractivity contribution in [3.05, 3.63) is 96.6 Å². The van der Waals surface area contributed by atoms with Crippen LogP contribution in [0.1, 0.15) is 25.2 Å². The van der Waals surface area contributed by atoms with Crippen molar-refractivity contribution in [2.24, 2.45) is 0 Å². The molecule has 0 aliphatic carbocycles. The molecule has 3 aromatic carbocycles. The lowest BCUT2D eigenvalue weighted by Crippen LogP contribution is -2.52. The van der Waals surface area contributed by atoms with E-state index in [4.69, 9.17) is 4.74 Å². The zero-order valence-electron chi connectivity index (χ0n) is 19.3. The van der Waals surface area contributed by atoms with E-state index in [0.717, 1.165) is 16.9 Å². The normalized spacial score (nSPS) is 24.1. The van der Waals surface area contributed by atoms with E-state index >= 15 is 4.57 Å². The van der Waals surface area contributed by atoms with Crippen LogP contribution in [0.3, 0.4) is 0 Å². The maximum atomic E-state index is 15.7. The molecule has 2 aliphatic heterocycles. The molecule has 0 N–H and O–H groups in total. The van der Waals surface area contributed by atoms with E-state index in [1.807, 2.05) is 42.5 Å². The Morgan fingerprint density at radius 2 is 1.15 bits per heavy atom. The molecule has 2 aliphatic rings. The Morgan fingerprint density at radius 3 is 1.61 bits per heavy atom. The van der Waals surface area contributed by atoms with Crippen LogP contribution in [0.5, 0.6) is 0 Å². The summed E-state index contributed by atoms with van der Waals surface area (Å²) >= 11 is 0. The van der Waals surface area contributed by atoms with Crippen molar-refractivity contribution in [1.29, 1.82) is 0 Å². The van der Waals surface area contributed by atoms with Crippen LogP contribution in [0.4, 0.5) is 11.4 Å². The van der Waals surface area contributed by atoms with Crippen molar-refractivity contribution in [3.8, 4) is 0 Å². The lowest BCUT2D eigenvalue weighted by atomic mass is 10.1. The second-order valence-electron chi connectivity index (χ2n) is 8.97. The van der Waals surface area contributed by atoms with Crippen molar-refractivity contribution in [1.82, 2.24) is 4.90 Å². The molecule has 0 radical (unpaired) electrons. The summed E-state index contributed by atoms with van der Waals surface area (Å²) in [6.07, 6.45) is 0. The van der Waals surface area contributed by atoms with E-state index in [1.165, 1.54) is 0 Å². The summed E-state index contributed by atoms with van der Waals surface area (Å²) in [6, 6.07) is 31.2. The van der Waals surface area contributed by atoms with Gasteiger partial charge < -0.3 is 14.1 Å². The minimum Gasteiger partial charge on any atom is -0.378 e. The predicted molar refractivity (Wildman–Crippen MR) is 136 cm³/mol. The highest BCUT2D eigenvalue weighted by Gasteiger charge is 2.54. The van der Waals surface area contributed by atoms with Crippen LogP contribution in [0.15, 0.2) is 91.0 Å². The Balaban J connectivity index is 1.72. The van der Waals surface area contributed by atoms with Crippen molar-refractivity contribution >= 4 is 18.8 Å². The molecule has 3 atom stereocenters. The summed E-state index contributed by atoms with van der Waals surface area (Å²) < 4.78 is 26.0. The van der Waals surface area contributed by atoms with Crippen LogP contribution in [0, 0.1) is 0 Å². The van der Waals surface area contributed by atoms with Gasteiger partial charge in [-0.2, -0.15) is 0 Å². The molecule has 3 aromatic rings. The van der Waals surface area contributed by atoms with Gasteiger partial charge in [-0.3, -0.25) is 9.46 Å². The first-order valence-electron chi connectivity index (χ1n) is 11.8. The van der Waals surface area contributed by atoms with Gasteiger partial charge in [0.1, 0.15) is 5.78 Å². The summed E-state index contributed by atoms with van der Waals surface area (Å²) in [6.45, 7) is 7.09. The zero-order chi connectivity index (χ0) is 22.8. The van der Waals surface area contributed by atoms with Crippen molar-refractivity contribution in [3.63, 3.8) is 0 Å². The zero-order valence-corrected chi connectivity index (χ0v) is 20.2. The maximum Gasteiger partial charge on any atom is 0.284 e. The molecule has 2 fully saturated rings. The fourth-order valence-corrected chi connectivity index (χ4v) is 9.15. The molecule has 5 nitrogen and oxygen atoms in total. The molecule has 3 unspecified atom stereocenters. The maximum absolute atomic E-state index is 15.7. The summed E-state index contributed by atoms with van der Waals surface area (Å²) in [5, 5.41) is 0. The average Bonchev–Trinajstić information content (AvgIpc) is 3.20. The van der Waals surface area contributed by atoms with Crippen molar-refractivity contribution in [2.45, 2.75) is 31.7 Å². The Bertz CT molecular complexity index is 1030. The first-order valence-corrected chi connectivity index (χ1v) is 13.4. The van der Waals surface area contributed by atoms with Gasteiger partial charge >= 0.3 is 0 Å². The monoisotopic (exact) mass is 461 g/mol. The fourth-order valence-electron chi connectivity index (χ4n) is 5.32. The van der Waals surface area contributed by atoms with Crippen molar-refractivity contribution < 1.29 is 9.30 Å². The van der Waals surface area contributed by atoms with Crippen LogP contribution in [0.25, 0.3) is 0 Å². The molecule has 0 saturated carbocycles. The van der Waals surface area contributed by atoms with Gasteiger partial charge in [0, 0.05) is 36.5 Å². The average molecular weight is 462 g/mol. The number of anilines is 2. The Morgan fingerprint density at radius 1 is 0.727 bits per heavy atom. The van der Waals surface area contributed by atoms with Gasteiger partial charge in [0.25, 0.3) is 7.44 Å². The second kappa shape index (κ2) is 9.34. The van der Waals surface area contributed by atoms with E-state index in [1.54, 1.807) is 0 Å². The highest BCUT2D eigenvalue weighted by molar-refractivity contribution is 7.67. The second-order valence-corrected chi connectivity index (χ2v) is 11.6. The fraction of sp³-hybridized carbons (Fsp3) is 0.333. The third-order valence-corrected chi connectivity index (χ3v) is 10.2. The number of ether oxygens (including phenoxy) is 1. The first-order chi connectivity index (χ1) is 16.1. The van der Waals surface area contributed by atoms with Crippen LogP contribution >= 0.6 is 7.44 Å². The SMILES string of the molecule is CC1COCC(C)N1C(c1ccccc1)P1(=O)N(c2ccccc2)CCN1c1ccccc1. The van der Waals surface area contributed by atoms with E-state index in [2.05, 4.69) is 76.6 Å². The third kappa shape index (κ3) is 3.99. The minimum absolute atomic E-state index is 0.153. The van der Waals surface area contributed by atoms with E-state index in [9.17, 15) is 0 Å². The number of hydrogen-bond donors (Lipinski definition) is 0. The molecule has 5 rings (SSSR count). The number of morpholine rings is 1. The number of para-hydroxylation sites is 2. The Hall–Kier alpha value is -2.59. The molecular weight excluding hydrogens is 429 g/mol. The highest BCUT2D eigenvalue weighted by atomic mass is 31.2. The van der Waals surface area contributed by atoms with Gasteiger partial charge in [-0.15, -0.1) is 0 Å². The van der Waals surface area contributed by atoms with E-state index in [0.29, 0.717) is 26.3 Å². The van der Waals surface area contributed by atoms with Crippen LogP contribution in [0.2, 0.25) is 0 Å². The molecule has 0 spiro atoms. The van der Waals surface area contributed by atoms with Gasteiger partial charge in [0.05, 0.1) is 13.2 Å². The van der Waals surface area contributed by atoms with E-state index < -0.39 is 7.44 Å². The predicted octanol–water partition coefficient (Wildman–Crippen LogP) is 6.01. The van der Waals surface area contributed by atoms with Crippen LogP contribution < -0.4 is 9.34 Å². The number of hydrogen-bond acceptors (Lipinski definition) is 3. The molecule has 6 heteroatoms. The molecule has 2 heterocycles. The Labute approximate surface area is 197 Å². The lowest BCUT2D eigenvalue weighted by molar-refractivity contribution is -0.0448. The van der Waals surface area contributed by atoms with E-state index in [-0.39, 0.29) is 17.9 Å². The van der Waals surface area contributed by atoms with Gasteiger partial charge in [-0.1, -0.05) is 66.7 Å². The standard InChI is InChI=1S/C27H32N3O2P/c1-22-20-32-21-23(2)30(22)27(24-12-6-3-7-13-24)33(31)28(25-14-8-4-9-15-25)18-19-29(33)26-16-10-5-11-17-26/h3-17,22-23,27H,18-21H2,1-2H3. The van der Waals surface area contributed by atoms with Crippen molar-refractivity contribution in [2.75, 3.05) is 35.6 Å². The molecule has 172 valence electrons. The highest BCUT2D eigenvalue weighted by Crippen LogP contribution is 2.70. The molecule has 2 saturated heterocycles. The minimum atomic E-state index is -3.17. The van der Waals surface area contributed by atoms with Gasteiger partial charge in [-0.25, -0.2) is 0 Å². The van der Waals surface area contributed by atoms with Crippen LogP contribution in [-0.2, 0) is 9.30 Å². The number of benzene rings is 3. The first kappa shape index (κ1) is 22.2. The Kier molecular flexibility index (Phi) is 6.29. The lowest BCUT2D eigenvalue weighted by Gasteiger charge is -2.49. The molecule has 0 bridgehead atoms. The molecule has 0 amide bonds. The number of nitrogens with zero attached hydrogens (tertiary/aromatic N) is 3. The van der Waals surface area contributed by atoms with Gasteiger partial charge in [-0.05, 0) is 43.7 Å². The molecule has 0 aromatic heterocycles. The summed E-state index contributed by atoms with van der Waals surface area (Å²) in [5.74, 6) is -0.282. The third-order valence-electron chi connectivity index (χ3n) is 6.76. The molecular formula is C27H32N3O2P.